The maximum absolute atomic E-state index is 13.8. The minimum atomic E-state index is -0.638. The normalized spacial score (nSPS) is 10.5. The van der Waals surface area contributed by atoms with Crippen LogP contribution in [-0.4, -0.2) is 17.6 Å². The van der Waals surface area contributed by atoms with Crippen LogP contribution in [0.2, 0.25) is 5.02 Å². The maximum atomic E-state index is 13.8. The van der Waals surface area contributed by atoms with E-state index in [-0.39, 0.29) is 28.8 Å². The third kappa shape index (κ3) is 2.61. The second kappa shape index (κ2) is 5.40. The molecule has 0 spiro atoms. The molecule has 1 aromatic heterocycles. The van der Waals surface area contributed by atoms with Gasteiger partial charge in [-0.25, -0.2) is 14.2 Å². The number of hydrogen-bond acceptors (Lipinski definition) is 4. The van der Waals surface area contributed by atoms with Crippen LogP contribution in [0.3, 0.4) is 0 Å². The van der Waals surface area contributed by atoms with E-state index < -0.39 is 11.8 Å². The summed E-state index contributed by atoms with van der Waals surface area (Å²) in [5.74, 6) is -1.29. The molecule has 0 aliphatic carbocycles. The van der Waals surface area contributed by atoms with Crippen LogP contribution < -0.4 is 0 Å². The van der Waals surface area contributed by atoms with E-state index in [4.69, 9.17) is 20.8 Å². The van der Waals surface area contributed by atoms with Gasteiger partial charge < -0.3 is 9.15 Å². The lowest BCUT2D eigenvalue weighted by atomic mass is 10.2. The summed E-state index contributed by atoms with van der Waals surface area (Å²) in [6.07, 6.45) is 0. The van der Waals surface area contributed by atoms with Crippen LogP contribution in [0.25, 0.3) is 11.5 Å². The molecule has 0 fully saturated rings. The highest BCUT2D eigenvalue weighted by molar-refractivity contribution is 6.31. The monoisotopic (exact) mass is 283 g/mol. The van der Waals surface area contributed by atoms with E-state index in [2.05, 4.69) is 4.98 Å². The number of aryl methyl sites for hydroxylation is 1. The van der Waals surface area contributed by atoms with Crippen molar-refractivity contribution in [3.05, 3.63) is 40.5 Å². The number of nitrogens with zero attached hydrogens (tertiary/aromatic N) is 1. The Kier molecular flexibility index (Phi) is 3.85. The molecular weight excluding hydrogens is 273 g/mol. The number of ether oxygens (including phenoxy) is 1. The highest BCUT2D eigenvalue weighted by Crippen LogP contribution is 2.28. The molecule has 0 aliphatic heterocycles. The molecule has 100 valence electrons. The fraction of sp³-hybridized carbons (Fsp3) is 0.231. The standard InChI is InChI=1S/C13H11ClFNO3/c1-3-18-13(17)11-7(2)16-12(19-11)8-5-4-6-9(14)10(8)15/h4-6H,3H2,1-2H3. The molecule has 4 nitrogen and oxygen atoms in total. The summed E-state index contributed by atoms with van der Waals surface area (Å²) in [4.78, 5) is 15.6. The van der Waals surface area contributed by atoms with Crippen LogP contribution in [0.15, 0.2) is 22.6 Å². The molecule has 6 heteroatoms. The number of hydrogen-bond donors (Lipinski definition) is 0. The van der Waals surface area contributed by atoms with Crippen LogP contribution >= 0.6 is 11.6 Å². The SMILES string of the molecule is CCOC(=O)c1oc(-c2cccc(Cl)c2F)nc1C. The van der Waals surface area contributed by atoms with Crippen molar-refractivity contribution in [1.82, 2.24) is 4.98 Å². The first-order chi connectivity index (χ1) is 9.04. The molecule has 19 heavy (non-hydrogen) atoms. The van der Waals surface area contributed by atoms with Crippen molar-refractivity contribution in [2.45, 2.75) is 13.8 Å². The summed E-state index contributed by atoms with van der Waals surface area (Å²) in [5, 5.41) is -0.0361. The lowest BCUT2D eigenvalue weighted by Crippen LogP contribution is -2.04. The minimum Gasteiger partial charge on any atom is -0.460 e. The number of benzene rings is 1. The number of aromatic nitrogens is 1. The van der Waals surface area contributed by atoms with Crippen molar-refractivity contribution in [3.8, 4) is 11.5 Å². The summed E-state index contributed by atoms with van der Waals surface area (Å²) in [6, 6.07) is 4.47. The Morgan fingerprint density at radius 3 is 2.95 bits per heavy atom. The molecule has 0 atom stereocenters. The average molecular weight is 284 g/mol. The molecule has 0 unspecified atom stereocenters. The van der Waals surface area contributed by atoms with Crippen molar-refractivity contribution >= 4 is 17.6 Å². The van der Waals surface area contributed by atoms with Gasteiger partial charge in [-0.1, -0.05) is 17.7 Å². The van der Waals surface area contributed by atoms with Gasteiger partial charge in [-0.05, 0) is 26.0 Å². The van der Waals surface area contributed by atoms with E-state index in [0.29, 0.717) is 5.69 Å². The summed E-state index contributed by atoms with van der Waals surface area (Å²) in [5.41, 5.74) is 0.443. The first-order valence-corrected chi connectivity index (χ1v) is 6.01. The summed E-state index contributed by atoms with van der Waals surface area (Å²) >= 11 is 5.69. The van der Waals surface area contributed by atoms with E-state index in [0.717, 1.165) is 0 Å². The number of rotatable bonds is 3. The number of halogens is 2. The molecular formula is C13H11ClFNO3. The van der Waals surface area contributed by atoms with Gasteiger partial charge in [0.1, 0.15) is 0 Å². The van der Waals surface area contributed by atoms with Crippen molar-refractivity contribution in [2.24, 2.45) is 0 Å². The van der Waals surface area contributed by atoms with E-state index in [1.807, 2.05) is 0 Å². The molecule has 0 amide bonds. The fourth-order valence-electron chi connectivity index (χ4n) is 1.57. The first kappa shape index (κ1) is 13.5. The van der Waals surface area contributed by atoms with Crippen LogP contribution in [0, 0.1) is 12.7 Å². The largest absolute Gasteiger partial charge is 0.460 e. The number of esters is 1. The molecule has 1 aromatic carbocycles. The van der Waals surface area contributed by atoms with Crippen molar-refractivity contribution in [3.63, 3.8) is 0 Å². The quantitative estimate of drug-likeness (QED) is 0.807. The smallest absolute Gasteiger partial charge is 0.376 e. The average Bonchev–Trinajstić information content (AvgIpc) is 2.75. The highest BCUT2D eigenvalue weighted by Gasteiger charge is 2.21. The first-order valence-electron chi connectivity index (χ1n) is 5.63. The lowest BCUT2D eigenvalue weighted by molar-refractivity contribution is 0.0490. The molecule has 0 radical (unpaired) electrons. The molecule has 0 aliphatic rings. The van der Waals surface area contributed by atoms with Crippen LogP contribution in [0.4, 0.5) is 4.39 Å². The van der Waals surface area contributed by atoms with Gasteiger partial charge in [0.2, 0.25) is 11.7 Å². The highest BCUT2D eigenvalue weighted by atomic mass is 35.5. The van der Waals surface area contributed by atoms with Crippen molar-refractivity contribution in [2.75, 3.05) is 6.61 Å². The predicted molar refractivity (Wildman–Crippen MR) is 67.6 cm³/mol. The van der Waals surface area contributed by atoms with E-state index in [1.165, 1.54) is 12.1 Å². The van der Waals surface area contributed by atoms with Gasteiger partial charge in [-0.2, -0.15) is 0 Å². The Bertz CT molecular complexity index is 624. The van der Waals surface area contributed by atoms with Gasteiger partial charge in [0.05, 0.1) is 22.9 Å². The Morgan fingerprint density at radius 1 is 1.53 bits per heavy atom. The third-order valence-electron chi connectivity index (χ3n) is 2.44. The van der Waals surface area contributed by atoms with E-state index in [9.17, 15) is 9.18 Å². The van der Waals surface area contributed by atoms with Crippen molar-refractivity contribution in [1.29, 1.82) is 0 Å². The third-order valence-corrected chi connectivity index (χ3v) is 2.73. The van der Waals surface area contributed by atoms with Gasteiger partial charge in [0, 0.05) is 0 Å². The molecule has 0 saturated carbocycles. The Labute approximate surface area is 114 Å². The summed E-state index contributed by atoms with van der Waals surface area (Å²) < 4.78 is 23.9. The van der Waals surface area contributed by atoms with Crippen molar-refractivity contribution < 1.29 is 18.3 Å². The van der Waals surface area contributed by atoms with Gasteiger partial charge in [0.15, 0.2) is 5.82 Å². The topological polar surface area (TPSA) is 52.3 Å². The lowest BCUT2D eigenvalue weighted by Gasteiger charge is -2.00. The zero-order chi connectivity index (χ0) is 14.0. The van der Waals surface area contributed by atoms with Gasteiger partial charge in [-0.15, -0.1) is 0 Å². The molecule has 2 aromatic rings. The number of carbonyl (C=O) groups excluding carboxylic acids is 1. The van der Waals surface area contributed by atoms with E-state index >= 15 is 0 Å². The minimum absolute atomic E-state index is 0.000512. The summed E-state index contributed by atoms with van der Waals surface area (Å²) in [7, 11) is 0. The van der Waals surface area contributed by atoms with Crippen LogP contribution in [0.5, 0.6) is 0 Å². The molecule has 1 heterocycles. The Balaban J connectivity index is 2.45. The molecule has 0 bridgehead atoms. The maximum Gasteiger partial charge on any atom is 0.376 e. The predicted octanol–water partition coefficient (Wildman–Crippen LogP) is 3.62. The number of carbonyl (C=O) groups is 1. The molecule has 2 rings (SSSR count). The Morgan fingerprint density at radius 2 is 2.26 bits per heavy atom. The zero-order valence-corrected chi connectivity index (χ0v) is 11.1. The number of oxazole rings is 1. The van der Waals surface area contributed by atoms with Crippen LogP contribution in [-0.2, 0) is 4.74 Å². The summed E-state index contributed by atoms with van der Waals surface area (Å²) in [6.45, 7) is 3.49. The second-order valence-corrected chi connectivity index (χ2v) is 4.16. The second-order valence-electron chi connectivity index (χ2n) is 3.76. The molecule has 0 saturated heterocycles. The fourth-order valence-corrected chi connectivity index (χ4v) is 1.74. The Hall–Kier alpha value is -1.88. The van der Waals surface area contributed by atoms with Gasteiger partial charge in [0.25, 0.3) is 0 Å². The van der Waals surface area contributed by atoms with Gasteiger partial charge >= 0.3 is 5.97 Å². The van der Waals surface area contributed by atoms with E-state index in [1.54, 1.807) is 19.9 Å². The van der Waals surface area contributed by atoms with Crippen LogP contribution in [0.1, 0.15) is 23.2 Å². The zero-order valence-electron chi connectivity index (χ0n) is 10.4. The van der Waals surface area contributed by atoms with Gasteiger partial charge in [-0.3, -0.25) is 0 Å². The molecule has 0 N–H and O–H groups in total.